The van der Waals surface area contributed by atoms with E-state index in [0.717, 1.165) is 5.56 Å². The first-order chi connectivity index (χ1) is 9.08. The average Bonchev–Trinajstić information content (AvgIpc) is 2.40. The van der Waals surface area contributed by atoms with Crippen molar-refractivity contribution in [3.8, 4) is 6.07 Å². The highest BCUT2D eigenvalue weighted by Gasteiger charge is 2.11. The number of benzene rings is 1. The van der Waals surface area contributed by atoms with Crippen LogP contribution in [0.2, 0.25) is 0 Å². The van der Waals surface area contributed by atoms with Gasteiger partial charge in [0.05, 0.1) is 18.6 Å². The molecule has 1 rings (SSSR count). The van der Waals surface area contributed by atoms with Gasteiger partial charge in [0.1, 0.15) is 0 Å². The zero-order valence-electron chi connectivity index (χ0n) is 11.3. The lowest BCUT2D eigenvalue weighted by atomic mass is 10.1. The van der Waals surface area contributed by atoms with E-state index in [1.165, 1.54) is 0 Å². The number of nitriles is 1. The monoisotopic (exact) mass is 261 g/mol. The third-order valence-corrected chi connectivity index (χ3v) is 2.81. The van der Waals surface area contributed by atoms with E-state index in [4.69, 9.17) is 5.26 Å². The van der Waals surface area contributed by atoms with Crippen LogP contribution in [0, 0.1) is 11.3 Å². The number of aliphatic hydroxyl groups is 1. The fraction of sp³-hybridized carbons (Fsp3) is 0.429. The molecule has 0 heterocycles. The molecule has 5 nitrogen and oxygen atoms in total. The van der Waals surface area contributed by atoms with Gasteiger partial charge in [-0.15, -0.1) is 0 Å². The summed E-state index contributed by atoms with van der Waals surface area (Å²) in [6, 6.07) is 8.84. The molecule has 0 aliphatic rings. The van der Waals surface area contributed by atoms with E-state index in [-0.39, 0.29) is 6.03 Å². The average molecular weight is 261 g/mol. The molecular weight excluding hydrogens is 242 g/mol. The molecule has 1 aromatic rings. The molecule has 0 aromatic heterocycles. The van der Waals surface area contributed by atoms with Gasteiger partial charge in [-0.05, 0) is 31.5 Å². The lowest BCUT2D eigenvalue weighted by molar-refractivity contribution is 0.199. The topological polar surface area (TPSA) is 76.4 Å². The van der Waals surface area contributed by atoms with Gasteiger partial charge in [0.2, 0.25) is 0 Å². The highest BCUT2D eigenvalue weighted by molar-refractivity contribution is 5.89. The number of amides is 2. The van der Waals surface area contributed by atoms with Gasteiger partial charge in [0, 0.05) is 18.8 Å². The van der Waals surface area contributed by atoms with Crippen molar-refractivity contribution in [3.05, 3.63) is 29.8 Å². The molecule has 2 N–H and O–H groups in total. The summed E-state index contributed by atoms with van der Waals surface area (Å²) < 4.78 is 0. The van der Waals surface area contributed by atoms with Gasteiger partial charge in [0.15, 0.2) is 0 Å². The summed E-state index contributed by atoms with van der Waals surface area (Å²) in [6.07, 6.45) is -0.199. The predicted molar refractivity (Wildman–Crippen MR) is 73.6 cm³/mol. The minimum Gasteiger partial charge on any atom is -0.389 e. The van der Waals surface area contributed by atoms with Crippen LogP contribution in [0.5, 0.6) is 0 Å². The number of carbonyl (C=O) groups is 1. The summed E-state index contributed by atoms with van der Waals surface area (Å²) in [5.74, 6) is 0. The van der Waals surface area contributed by atoms with E-state index in [1.807, 2.05) is 13.0 Å². The van der Waals surface area contributed by atoms with E-state index in [1.54, 1.807) is 36.1 Å². The molecule has 19 heavy (non-hydrogen) atoms. The Bertz CT molecular complexity index is 449. The van der Waals surface area contributed by atoms with Crippen LogP contribution in [-0.2, 0) is 0 Å². The van der Waals surface area contributed by atoms with Crippen molar-refractivity contribution in [1.29, 1.82) is 5.26 Å². The SMILES string of the molecule is CCN(CCC#N)C(=O)Nc1ccc(C(C)O)cc1. The Balaban J connectivity index is 2.62. The summed E-state index contributed by atoms with van der Waals surface area (Å²) in [5.41, 5.74) is 1.47. The molecule has 1 aromatic carbocycles. The summed E-state index contributed by atoms with van der Waals surface area (Å²) >= 11 is 0. The minimum atomic E-state index is -0.521. The van der Waals surface area contributed by atoms with Crippen LogP contribution in [0.4, 0.5) is 10.5 Å². The molecule has 0 spiro atoms. The van der Waals surface area contributed by atoms with Crippen molar-refractivity contribution in [1.82, 2.24) is 4.90 Å². The van der Waals surface area contributed by atoms with Crippen molar-refractivity contribution in [3.63, 3.8) is 0 Å². The van der Waals surface area contributed by atoms with Crippen molar-refractivity contribution in [2.24, 2.45) is 0 Å². The van der Waals surface area contributed by atoms with Gasteiger partial charge >= 0.3 is 6.03 Å². The van der Waals surface area contributed by atoms with Crippen LogP contribution in [0.3, 0.4) is 0 Å². The second-order valence-corrected chi connectivity index (χ2v) is 4.22. The maximum atomic E-state index is 11.9. The fourth-order valence-electron chi connectivity index (χ4n) is 1.64. The first-order valence-electron chi connectivity index (χ1n) is 6.29. The Morgan fingerprint density at radius 2 is 2.11 bits per heavy atom. The molecule has 0 fully saturated rings. The highest BCUT2D eigenvalue weighted by Crippen LogP contribution is 2.15. The van der Waals surface area contributed by atoms with E-state index >= 15 is 0 Å². The first kappa shape index (κ1) is 15.0. The molecule has 1 unspecified atom stereocenters. The second-order valence-electron chi connectivity index (χ2n) is 4.22. The molecule has 0 bridgehead atoms. The standard InChI is InChI=1S/C14H19N3O2/c1-3-17(10-4-9-15)14(19)16-13-7-5-12(6-8-13)11(2)18/h5-8,11,18H,3-4,10H2,1-2H3,(H,16,19). The molecule has 2 amide bonds. The number of nitrogens with one attached hydrogen (secondary N) is 1. The lowest BCUT2D eigenvalue weighted by Gasteiger charge is -2.20. The summed E-state index contributed by atoms with van der Waals surface area (Å²) in [5, 5.41) is 20.7. The van der Waals surface area contributed by atoms with E-state index in [9.17, 15) is 9.90 Å². The van der Waals surface area contributed by atoms with Gasteiger partial charge < -0.3 is 15.3 Å². The van der Waals surface area contributed by atoms with Crippen molar-refractivity contribution >= 4 is 11.7 Å². The smallest absolute Gasteiger partial charge is 0.321 e. The van der Waals surface area contributed by atoms with Crippen LogP contribution in [0.15, 0.2) is 24.3 Å². The van der Waals surface area contributed by atoms with Crippen LogP contribution >= 0.6 is 0 Å². The third-order valence-electron chi connectivity index (χ3n) is 2.81. The number of anilines is 1. The number of aliphatic hydroxyl groups excluding tert-OH is 1. The second kappa shape index (κ2) is 7.39. The number of urea groups is 1. The molecule has 0 radical (unpaired) electrons. The molecule has 0 aliphatic heterocycles. The van der Waals surface area contributed by atoms with Crippen molar-refractivity contribution < 1.29 is 9.90 Å². The van der Waals surface area contributed by atoms with Crippen LogP contribution in [-0.4, -0.2) is 29.1 Å². The maximum Gasteiger partial charge on any atom is 0.321 e. The molecular formula is C14H19N3O2. The molecule has 0 saturated heterocycles. The Hall–Kier alpha value is -2.06. The normalized spacial score (nSPS) is 11.5. The number of nitrogens with zero attached hydrogens (tertiary/aromatic N) is 2. The zero-order chi connectivity index (χ0) is 14.3. The highest BCUT2D eigenvalue weighted by atomic mass is 16.3. The molecule has 0 aliphatic carbocycles. The third kappa shape index (κ3) is 4.60. The molecule has 5 heteroatoms. The quantitative estimate of drug-likeness (QED) is 0.855. The predicted octanol–water partition coefficient (Wildman–Crippen LogP) is 2.51. The van der Waals surface area contributed by atoms with Crippen LogP contribution in [0.1, 0.15) is 31.9 Å². The lowest BCUT2D eigenvalue weighted by Crippen LogP contribution is -2.35. The van der Waals surface area contributed by atoms with Gasteiger partial charge in [0.25, 0.3) is 0 Å². The van der Waals surface area contributed by atoms with Crippen LogP contribution < -0.4 is 5.32 Å². The van der Waals surface area contributed by atoms with E-state index in [0.29, 0.717) is 25.2 Å². The number of rotatable bonds is 5. The van der Waals surface area contributed by atoms with E-state index < -0.39 is 6.10 Å². The van der Waals surface area contributed by atoms with E-state index in [2.05, 4.69) is 5.32 Å². The number of hydrogen-bond acceptors (Lipinski definition) is 3. The summed E-state index contributed by atoms with van der Waals surface area (Å²) in [6.45, 7) is 4.53. The molecule has 0 saturated carbocycles. The van der Waals surface area contributed by atoms with Crippen LogP contribution in [0.25, 0.3) is 0 Å². The molecule has 102 valence electrons. The van der Waals surface area contributed by atoms with Gasteiger partial charge in [-0.25, -0.2) is 4.79 Å². The Morgan fingerprint density at radius 3 is 2.58 bits per heavy atom. The Labute approximate surface area is 113 Å². The minimum absolute atomic E-state index is 0.220. The van der Waals surface area contributed by atoms with Crippen molar-refractivity contribution in [2.45, 2.75) is 26.4 Å². The largest absolute Gasteiger partial charge is 0.389 e. The van der Waals surface area contributed by atoms with Gasteiger partial charge in [-0.3, -0.25) is 0 Å². The Morgan fingerprint density at radius 1 is 1.47 bits per heavy atom. The van der Waals surface area contributed by atoms with Crippen molar-refractivity contribution in [2.75, 3.05) is 18.4 Å². The fourth-order valence-corrected chi connectivity index (χ4v) is 1.64. The maximum absolute atomic E-state index is 11.9. The summed E-state index contributed by atoms with van der Waals surface area (Å²) in [4.78, 5) is 13.5. The Kier molecular flexibility index (Phi) is 5.83. The molecule has 1 atom stereocenters. The first-order valence-corrected chi connectivity index (χ1v) is 6.29. The number of hydrogen-bond donors (Lipinski definition) is 2. The van der Waals surface area contributed by atoms with Gasteiger partial charge in [-0.1, -0.05) is 12.1 Å². The van der Waals surface area contributed by atoms with Gasteiger partial charge in [-0.2, -0.15) is 5.26 Å². The number of carbonyl (C=O) groups excluding carboxylic acids is 1. The summed E-state index contributed by atoms with van der Waals surface area (Å²) in [7, 11) is 0. The zero-order valence-corrected chi connectivity index (χ0v) is 11.3.